The molecule has 16 heavy (non-hydrogen) atoms. The minimum absolute atomic E-state index is 0.977. The average Bonchev–Trinajstić information content (AvgIpc) is 2.30. The maximum atomic E-state index is 3.49. The Hall–Kier alpha value is 0.270. The third-order valence-electron chi connectivity index (χ3n) is 3.45. The summed E-state index contributed by atoms with van der Waals surface area (Å²) >= 11 is 1.91. The molecule has 0 aliphatic heterocycles. The van der Waals surface area contributed by atoms with Gasteiger partial charge >= 0.3 is 0 Å². The maximum absolute atomic E-state index is 3.49. The van der Waals surface area contributed by atoms with E-state index in [9.17, 15) is 0 Å². The zero-order valence-electron chi connectivity index (χ0n) is 11.0. The highest BCUT2D eigenvalue weighted by molar-refractivity contribution is 7.98. The lowest BCUT2D eigenvalue weighted by Gasteiger charge is -2.27. The van der Waals surface area contributed by atoms with E-state index in [0.29, 0.717) is 0 Å². The second kappa shape index (κ2) is 9.32. The summed E-state index contributed by atoms with van der Waals surface area (Å²) in [5, 5.41) is 3.49. The maximum Gasteiger partial charge on any atom is 0.0104 e. The van der Waals surface area contributed by atoms with Crippen molar-refractivity contribution < 1.29 is 0 Å². The first-order chi connectivity index (χ1) is 7.83. The largest absolute Gasteiger partial charge is 0.315 e. The fourth-order valence-electron chi connectivity index (χ4n) is 2.47. The van der Waals surface area contributed by atoms with Crippen LogP contribution in [0.4, 0.5) is 0 Å². The van der Waals surface area contributed by atoms with Gasteiger partial charge in [-0.15, -0.1) is 0 Å². The van der Waals surface area contributed by atoms with E-state index in [0.717, 1.165) is 19.0 Å². The molecule has 1 N–H and O–H groups in total. The van der Waals surface area contributed by atoms with Crippen molar-refractivity contribution in [1.82, 2.24) is 10.2 Å². The zero-order chi connectivity index (χ0) is 11.6. The molecule has 1 aliphatic rings. The topological polar surface area (TPSA) is 15.3 Å². The van der Waals surface area contributed by atoms with Crippen LogP contribution in [0.15, 0.2) is 0 Å². The van der Waals surface area contributed by atoms with E-state index < -0.39 is 0 Å². The minimum Gasteiger partial charge on any atom is -0.315 e. The first kappa shape index (κ1) is 14.3. The van der Waals surface area contributed by atoms with Crippen LogP contribution in [0, 0.1) is 5.92 Å². The van der Waals surface area contributed by atoms with E-state index in [1.807, 2.05) is 11.8 Å². The molecule has 0 aromatic heterocycles. The molecule has 0 radical (unpaired) electrons. The van der Waals surface area contributed by atoms with Crippen LogP contribution in [0.1, 0.15) is 32.1 Å². The molecule has 0 aromatic rings. The molecule has 0 aromatic carbocycles. The fourth-order valence-corrected chi connectivity index (χ4v) is 2.82. The Morgan fingerprint density at radius 3 is 2.62 bits per heavy atom. The molecule has 0 spiro atoms. The summed E-state index contributed by atoms with van der Waals surface area (Å²) in [6, 6.07) is 0. The summed E-state index contributed by atoms with van der Waals surface area (Å²) in [5.74, 6) is 2.21. The van der Waals surface area contributed by atoms with Crippen molar-refractivity contribution in [3.05, 3.63) is 0 Å². The van der Waals surface area contributed by atoms with Crippen LogP contribution >= 0.6 is 11.8 Å². The lowest BCUT2D eigenvalue weighted by atomic mass is 9.89. The number of nitrogens with one attached hydrogen (secondary N) is 1. The van der Waals surface area contributed by atoms with Crippen molar-refractivity contribution >= 4 is 11.8 Å². The molecule has 96 valence electrons. The molecule has 1 aliphatic carbocycles. The molecule has 0 heterocycles. The van der Waals surface area contributed by atoms with Crippen LogP contribution in [-0.2, 0) is 0 Å². The van der Waals surface area contributed by atoms with E-state index >= 15 is 0 Å². The van der Waals surface area contributed by atoms with Crippen molar-refractivity contribution in [3.63, 3.8) is 0 Å². The lowest BCUT2D eigenvalue weighted by Crippen LogP contribution is -2.34. The normalized spacial score (nSPS) is 18.2. The standard InChI is InChI=1S/C13H28N2S/c1-15(10-8-14-9-11-16-2)12-13-6-4-3-5-7-13/h13-14H,3-12H2,1-2H3. The summed E-state index contributed by atoms with van der Waals surface area (Å²) in [5.41, 5.74) is 0. The quantitative estimate of drug-likeness (QED) is 0.660. The smallest absolute Gasteiger partial charge is 0.0104 e. The number of nitrogens with zero attached hydrogens (tertiary/aromatic N) is 1. The average molecular weight is 244 g/mol. The number of thioether (sulfide) groups is 1. The Labute approximate surface area is 106 Å². The Balaban J connectivity index is 1.95. The summed E-state index contributed by atoms with van der Waals surface area (Å²) in [4.78, 5) is 2.50. The monoisotopic (exact) mass is 244 g/mol. The predicted octanol–water partition coefficient (Wildman–Crippen LogP) is 2.45. The molecule has 0 atom stereocenters. The van der Waals surface area contributed by atoms with E-state index in [1.54, 1.807) is 0 Å². The fraction of sp³-hybridized carbons (Fsp3) is 1.00. The van der Waals surface area contributed by atoms with E-state index in [2.05, 4.69) is 23.5 Å². The number of hydrogen-bond acceptors (Lipinski definition) is 3. The summed E-state index contributed by atoms with van der Waals surface area (Å²) < 4.78 is 0. The highest BCUT2D eigenvalue weighted by Gasteiger charge is 2.14. The van der Waals surface area contributed by atoms with Gasteiger partial charge in [0.25, 0.3) is 0 Å². The van der Waals surface area contributed by atoms with Gasteiger partial charge in [0.1, 0.15) is 0 Å². The molecule has 1 rings (SSSR count). The van der Waals surface area contributed by atoms with Gasteiger partial charge in [0.15, 0.2) is 0 Å². The molecule has 3 heteroatoms. The first-order valence-corrected chi connectivity index (χ1v) is 8.10. The Kier molecular flexibility index (Phi) is 8.34. The predicted molar refractivity (Wildman–Crippen MR) is 75.3 cm³/mol. The highest BCUT2D eigenvalue weighted by atomic mass is 32.2. The van der Waals surface area contributed by atoms with Crippen LogP contribution in [-0.4, -0.2) is 50.1 Å². The van der Waals surface area contributed by atoms with Gasteiger partial charge in [-0.05, 0) is 32.1 Å². The van der Waals surface area contributed by atoms with Crippen molar-refractivity contribution in [2.45, 2.75) is 32.1 Å². The number of likely N-dealkylation sites (N-methyl/N-ethyl adjacent to an activating group) is 1. The van der Waals surface area contributed by atoms with Crippen LogP contribution in [0.5, 0.6) is 0 Å². The molecule has 2 nitrogen and oxygen atoms in total. The van der Waals surface area contributed by atoms with Gasteiger partial charge in [0.05, 0.1) is 0 Å². The SMILES string of the molecule is CSCCNCCN(C)CC1CCCCC1. The van der Waals surface area contributed by atoms with Crippen molar-refractivity contribution in [2.75, 3.05) is 45.2 Å². The molecule has 0 saturated heterocycles. The van der Waals surface area contributed by atoms with Gasteiger partial charge in [0.2, 0.25) is 0 Å². The minimum atomic E-state index is 0.977. The van der Waals surface area contributed by atoms with E-state index in [4.69, 9.17) is 0 Å². The summed E-state index contributed by atoms with van der Waals surface area (Å²) in [6.45, 7) is 4.80. The van der Waals surface area contributed by atoms with Crippen LogP contribution < -0.4 is 5.32 Å². The second-order valence-corrected chi connectivity index (χ2v) is 5.99. The molecular formula is C13H28N2S. The second-order valence-electron chi connectivity index (χ2n) is 5.01. The van der Waals surface area contributed by atoms with Gasteiger partial charge in [-0.1, -0.05) is 19.3 Å². The van der Waals surface area contributed by atoms with Gasteiger partial charge in [-0.3, -0.25) is 0 Å². The Morgan fingerprint density at radius 2 is 1.94 bits per heavy atom. The van der Waals surface area contributed by atoms with Gasteiger partial charge in [-0.2, -0.15) is 11.8 Å². The number of rotatable bonds is 8. The van der Waals surface area contributed by atoms with Crippen molar-refractivity contribution in [1.29, 1.82) is 0 Å². The molecule has 0 bridgehead atoms. The summed E-state index contributed by atoms with van der Waals surface area (Å²) in [6.07, 6.45) is 9.48. The molecule has 0 unspecified atom stereocenters. The van der Waals surface area contributed by atoms with Crippen molar-refractivity contribution in [3.8, 4) is 0 Å². The van der Waals surface area contributed by atoms with Gasteiger partial charge in [0, 0.05) is 31.9 Å². The molecule has 0 amide bonds. The molecule has 1 fully saturated rings. The van der Waals surface area contributed by atoms with Gasteiger partial charge in [-0.25, -0.2) is 0 Å². The third-order valence-corrected chi connectivity index (χ3v) is 4.06. The zero-order valence-corrected chi connectivity index (χ0v) is 11.8. The third kappa shape index (κ3) is 6.77. The Morgan fingerprint density at radius 1 is 1.19 bits per heavy atom. The van der Waals surface area contributed by atoms with Crippen molar-refractivity contribution in [2.24, 2.45) is 5.92 Å². The van der Waals surface area contributed by atoms with Crippen LogP contribution in [0.2, 0.25) is 0 Å². The molecular weight excluding hydrogens is 216 g/mol. The summed E-state index contributed by atoms with van der Waals surface area (Å²) in [7, 11) is 2.27. The Bertz CT molecular complexity index is 158. The van der Waals surface area contributed by atoms with Gasteiger partial charge < -0.3 is 10.2 Å². The van der Waals surface area contributed by atoms with E-state index in [-0.39, 0.29) is 0 Å². The number of hydrogen-bond donors (Lipinski definition) is 1. The molecule has 1 saturated carbocycles. The van der Waals surface area contributed by atoms with Crippen LogP contribution in [0.25, 0.3) is 0 Å². The highest BCUT2D eigenvalue weighted by Crippen LogP contribution is 2.23. The lowest BCUT2D eigenvalue weighted by molar-refractivity contribution is 0.234. The van der Waals surface area contributed by atoms with Crippen LogP contribution in [0.3, 0.4) is 0 Å². The van der Waals surface area contributed by atoms with E-state index in [1.165, 1.54) is 50.9 Å². The first-order valence-electron chi connectivity index (χ1n) is 6.71.